The van der Waals surface area contributed by atoms with E-state index in [2.05, 4.69) is 15.5 Å². The van der Waals surface area contributed by atoms with E-state index in [4.69, 9.17) is 9.47 Å². The van der Waals surface area contributed by atoms with Crippen molar-refractivity contribution in [2.24, 2.45) is 0 Å². The van der Waals surface area contributed by atoms with Gasteiger partial charge in [0, 0.05) is 13.3 Å². The van der Waals surface area contributed by atoms with Gasteiger partial charge in [0.1, 0.15) is 12.5 Å². The molecule has 0 bridgehead atoms. The summed E-state index contributed by atoms with van der Waals surface area (Å²) in [5.74, 6) is 0.520. The van der Waals surface area contributed by atoms with Crippen LogP contribution in [-0.4, -0.2) is 39.7 Å². The molecule has 0 aliphatic heterocycles. The fourth-order valence-corrected chi connectivity index (χ4v) is 2.84. The summed E-state index contributed by atoms with van der Waals surface area (Å²) in [5.41, 5.74) is 3.71. The third-order valence-electron chi connectivity index (χ3n) is 4.22. The van der Waals surface area contributed by atoms with Crippen LogP contribution in [0.15, 0.2) is 36.5 Å². The lowest BCUT2D eigenvalue weighted by Crippen LogP contribution is -2.15. The third kappa shape index (κ3) is 4.17. The van der Waals surface area contributed by atoms with Crippen LogP contribution in [-0.2, 0) is 18.0 Å². The van der Waals surface area contributed by atoms with Gasteiger partial charge in [-0.3, -0.25) is 9.48 Å². The highest BCUT2D eigenvalue weighted by atomic mass is 16.5. The van der Waals surface area contributed by atoms with Gasteiger partial charge in [-0.25, -0.2) is 4.68 Å². The van der Waals surface area contributed by atoms with Crippen LogP contribution in [0.25, 0.3) is 0 Å². The zero-order valence-electron chi connectivity index (χ0n) is 15.9. The Morgan fingerprint density at radius 2 is 2.00 bits per heavy atom. The maximum atomic E-state index is 12.5. The molecule has 0 atom stereocenters. The largest absolute Gasteiger partial charge is 0.497 e. The molecule has 3 aromatic rings. The van der Waals surface area contributed by atoms with Gasteiger partial charge in [0.2, 0.25) is 0 Å². The Hall–Kier alpha value is -3.13. The number of aryl methyl sites for hydroxylation is 1. The Bertz CT molecular complexity index is 945. The first kappa shape index (κ1) is 18.7. The molecule has 0 fully saturated rings. The highest BCUT2D eigenvalue weighted by molar-refractivity contribution is 6.03. The summed E-state index contributed by atoms with van der Waals surface area (Å²) in [6.07, 6.45) is 1.70. The van der Waals surface area contributed by atoms with Crippen molar-refractivity contribution >= 4 is 11.6 Å². The lowest BCUT2D eigenvalue weighted by atomic mass is 10.2. The molecule has 1 amide bonds. The molecule has 0 aliphatic rings. The molecule has 1 N–H and O–H groups in total. The smallest absolute Gasteiger partial charge is 0.276 e. The molecule has 0 saturated heterocycles. The van der Waals surface area contributed by atoms with Gasteiger partial charge in [-0.15, -0.1) is 0 Å². The maximum absolute atomic E-state index is 12.5. The molecular weight excluding hydrogens is 346 g/mol. The van der Waals surface area contributed by atoms with Gasteiger partial charge < -0.3 is 14.8 Å². The van der Waals surface area contributed by atoms with E-state index in [0.29, 0.717) is 24.7 Å². The van der Waals surface area contributed by atoms with Crippen LogP contribution in [0.4, 0.5) is 5.69 Å². The third-order valence-corrected chi connectivity index (χ3v) is 4.22. The minimum Gasteiger partial charge on any atom is -0.497 e. The number of amides is 1. The molecule has 1 aromatic carbocycles. The summed E-state index contributed by atoms with van der Waals surface area (Å²) in [6, 6.07) is 9.48. The van der Waals surface area contributed by atoms with Crippen LogP contribution in [0.5, 0.6) is 5.75 Å². The summed E-state index contributed by atoms with van der Waals surface area (Å²) in [7, 11) is 3.22. The van der Waals surface area contributed by atoms with Crippen molar-refractivity contribution in [3.63, 3.8) is 0 Å². The average Bonchev–Trinajstić information content (AvgIpc) is 3.23. The predicted octanol–water partition coefficient (Wildman–Crippen LogP) is 2.61. The normalized spacial score (nSPS) is 10.8. The molecule has 3 rings (SSSR count). The Morgan fingerprint density at radius 3 is 2.74 bits per heavy atom. The highest BCUT2D eigenvalue weighted by Gasteiger charge is 2.17. The average molecular weight is 369 g/mol. The standard InChI is InChI=1S/C19H23N5O3/c1-13-18(20-19(25)17-8-9-23(22-17)12-26-3)14(2)24(21-13)11-15-6-5-7-16(10-15)27-4/h5-10H,11-12H2,1-4H3,(H,20,25). The second-order valence-electron chi connectivity index (χ2n) is 6.17. The van der Waals surface area contributed by atoms with Gasteiger partial charge in [-0.1, -0.05) is 12.1 Å². The molecule has 27 heavy (non-hydrogen) atoms. The van der Waals surface area contributed by atoms with Crippen LogP contribution >= 0.6 is 0 Å². The zero-order valence-corrected chi connectivity index (χ0v) is 15.9. The number of ether oxygens (including phenoxy) is 2. The van der Waals surface area contributed by atoms with E-state index in [1.54, 1.807) is 31.2 Å². The topological polar surface area (TPSA) is 83.2 Å². The summed E-state index contributed by atoms with van der Waals surface area (Å²) in [4.78, 5) is 12.5. The molecular formula is C19H23N5O3. The molecule has 0 unspecified atom stereocenters. The molecule has 8 nitrogen and oxygen atoms in total. The molecule has 2 heterocycles. The molecule has 0 spiro atoms. The van der Waals surface area contributed by atoms with Crippen molar-refractivity contribution in [3.8, 4) is 5.75 Å². The van der Waals surface area contributed by atoms with Crippen LogP contribution in [0, 0.1) is 13.8 Å². The number of benzene rings is 1. The van der Waals surface area contributed by atoms with Crippen molar-refractivity contribution in [3.05, 3.63) is 59.2 Å². The first-order valence-corrected chi connectivity index (χ1v) is 8.52. The first-order valence-electron chi connectivity index (χ1n) is 8.52. The first-order chi connectivity index (χ1) is 13.0. The fourth-order valence-electron chi connectivity index (χ4n) is 2.84. The number of methoxy groups -OCH3 is 2. The number of aromatic nitrogens is 4. The molecule has 142 valence electrons. The number of carbonyl (C=O) groups is 1. The minimum atomic E-state index is -0.281. The van der Waals surface area contributed by atoms with Crippen molar-refractivity contribution in [1.82, 2.24) is 19.6 Å². The number of hydrogen-bond acceptors (Lipinski definition) is 5. The lowest BCUT2D eigenvalue weighted by molar-refractivity contribution is 0.101. The monoisotopic (exact) mass is 369 g/mol. The quantitative estimate of drug-likeness (QED) is 0.692. The summed E-state index contributed by atoms with van der Waals surface area (Å²) in [5, 5.41) is 11.7. The van der Waals surface area contributed by atoms with Crippen molar-refractivity contribution in [2.75, 3.05) is 19.5 Å². The summed E-state index contributed by atoms with van der Waals surface area (Å²) in [6.45, 7) is 4.68. The van der Waals surface area contributed by atoms with Gasteiger partial charge in [0.25, 0.3) is 5.91 Å². The number of rotatable bonds is 7. The van der Waals surface area contributed by atoms with E-state index in [-0.39, 0.29) is 5.91 Å². The highest BCUT2D eigenvalue weighted by Crippen LogP contribution is 2.22. The molecule has 2 aromatic heterocycles. The van der Waals surface area contributed by atoms with Gasteiger partial charge in [0.15, 0.2) is 5.69 Å². The Morgan fingerprint density at radius 1 is 1.19 bits per heavy atom. The lowest BCUT2D eigenvalue weighted by Gasteiger charge is -2.08. The number of hydrogen-bond donors (Lipinski definition) is 1. The Labute approximate surface area is 157 Å². The van der Waals surface area contributed by atoms with Gasteiger partial charge in [-0.05, 0) is 37.6 Å². The van der Waals surface area contributed by atoms with E-state index < -0.39 is 0 Å². The number of anilines is 1. The van der Waals surface area contributed by atoms with E-state index in [1.165, 1.54) is 0 Å². The Kier molecular flexibility index (Phi) is 5.56. The summed E-state index contributed by atoms with van der Waals surface area (Å²) >= 11 is 0. The number of carbonyl (C=O) groups excluding carboxylic acids is 1. The van der Waals surface area contributed by atoms with Crippen molar-refractivity contribution in [1.29, 1.82) is 0 Å². The second-order valence-corrected chi connectivity index (χ2v) is 6.17. The van der Waals surface area contributed by atoms with E-state index in [1.807, 2.05) is 42.8 Å². The number of nitrogens with one attached hydrogen (secondary N) is 1. The molecule has 8 heteroatoms. The van der Waals surface area contributed by atoms with Gasteiger partial charge in [-0.2, -0.15) is 10.2 Å². The molecule has 0 aliphatic carbocycles. The van der Waals surface area contributed by atoms with E-state index in [0.717, 1.165) is 22.7 Å². The van der Waals surface area contributed by atoms with Crippen LogP contribution in [0.3, 0.4) is 0 Å². The fraction of sp³-hybridized carbons (Fsp3) is 0.316. The van der Waals surface area contributed by atoms with E-state index in [9.17, 15) is 4.79 Å². The van der Waals surface area contributed by atoms with Crippen molar-refractivity contribution < 1.29 is 14.3 Å². The Balaban J connectivity index is 1.77. The van der Waals surface area contributed by atoms with Gasteiger partial charge in [0.05, 0.1) is 30.7 Å². The SMILES string of the molecule is COCn1ccc(C(=O)Nc2c(C)nn(Cc3cccc(OC)c3)c2C)n1. The molecule has 0 radical (unpaired) electrons. The maximum Gasteiger partial charge on any atom is 0.276 e. The van der Waals surface area contributed by atoms with Crippen molar-refractivity contribution in [2.45, 2.75) is 27.1 Å². The van der Waals surface area contributed by atoms with Crippen LogP contribution < -0.4 is 10.1 Å². The minimum absolute atomic E-state index is 0.281. The van der Waals surface area contributed by atoms with E-state index >= 15 is 0 Å². The zero-order chi connectivity index (χ0) is 19.4. The number of nitrogens with zero attached hydrogens (tertiary/aromatic N) is 4. The van der Waals surface area contributed by atoms with Crippen LogP contribution in [0.1, 0.15) is 27.4 Å². The van der Waals surface area contributed by atoms with Gasteiger partial charge >= 0.3 is 0 Å². The molecule has 0 saturated carbocycles. The second kappa shape index (κ2) is 8.05. The van der Waals surface area contributed by atoms with Crippen LogP contribution in [0.2, 0.25) is 0 Å². The summed E-state index contributed by atoms with van der Waals surface area (Å²) < 4.78 is 13.7. The predicted molar refractivity (Wildman–Crippen MR) is 101 cm³/mol.